The molecule has 6 heteroatoms. The van der Waals surface area contributed by atoms with E-state index < -0.39 is 52.3 Å². The highest BCUT2D eigenvalue weighted by molar-refractivity contribution is 6.01. The largest absolute Gasteiger partial charge is 0.458 e. The van der Waals surface area contributed by atoms with Crippen molar-refractivity contribution in [2.45, 2.75) is 64.6 Å². The number of halogens is 1. The second-order valence-corrected chi connectivity index (χ2v) is 10.1. The molecule has 2 saturated carbocycles. The summed E-state index contributed by atoms with van der Waals surface area (Å²) in [4.78, 5) is 36.5. The minimum atomic E-state index is -1.74. The average Bonchev–Trinajstić information content (AvgIpc) is 2.94. The number of carbonyl (C=O) groups is 3. The van der Waals surface area contributed by atoms with Gasteiger partial charge in [-0.2, -0.15) is 0 Å². The van der Waals surface area contributed by atoms with Crippen LogP contribution < -0.4 is 0 Å². The molecule has 0 bridgehead atoms. The van der Waals surface area contributed by atoms with E-state index in [-0.39, 0.29) is 18.1 Å². The van der Waals surface area contributed by atoms with Gasteiger partial charge in [-0.15, -0.1) is 0 Å². The van der Waals surface area contributed by atoms with Gasteiger partial charge in [0.15, 0.2) is 12.4 Å². The monoisotopic (exact) mass is 430 g/mol. The van der Waals surface area contributed by atoms with E-state index in [0.717, 1.165) is 5.57 Å². The van der Waals surface area contributed by atoms with Gasteiger partial charge in [-0.3, -0.25) is 14.4 Å². The van der Waals surface area contributed by atoms with Gasteiger partial charge in [-0.1, -0.05) is 38.5 Å². The van der Waals surface area contributed by atoms with Crippen LogP contribution in [0.4, 0.5) is 4.39 Å². The lowest BCUT2D eigenvalue weighted by atomic mass is 9.48. The predicted octanol–water partition coefficient (Wildman–Crippen LogP) is 3.66. The van der Waals surface area contributed by atoms with Crippen LogP contribution in [-0.2, 0) is 19.1 Å². The third-order valence-electron chi connectivity index (χ3n) is 8.77. The lowest BCUT2D eigenvalue weighted by molar-refractivity contribution is -0.166. The standard InChI is InChI=1S/C25H31FO5/c1-5-21(29)31-14-20(28)25(30)15(2)12-19-18-7-6-16-13-17(27)8-9-22(16,3)24(18,26)11-10-23(19,25)4/h8-11,13,15,18-19,30H,5-7,12,14H2,1-4H3/t15-,18+,19+,22+,23+,24-,25+/m1/s1. The topological polar surface area (TPSA) is 80.7 Å². The Morgan fingerprint density at radius 1 is 1.23 bits per heavy atom. The Hall–Kier alpha value is -2.08. The minimum Gasteiger partial charge on any atom is -0.458 e. The fourth-order valence-electron chi connectivity index (χ4n) is 6.80. The van der Waals surface area contributed by atoms with E-state index >= 15 is 4.39 Å². The van der Waals surface area contributed by atoms with Crippen LogP contribution in [0.5, 0.6) is 0 Å². The summed E-state index contributed by atoms with van der Waals surface area (Å²) in [7, 11) is 0. The van der Waals surface area contributed by atoms with Crippen molar-refractivity contribution < 1.29 is 28.6 Å². The van der Waals surface area contributed by atoms with Gasteiger partial charge in [0.1, 0.15) is 11.3 Å². The fraction of sp³-hybridized carbons (Fsp3) is 0.640. The maximum Gasteiger partial charge on any atom is 0.305 e. The van der Waals surface area contributed by atoms with E-state index in [0.29, 0.717) is 19.3 Å². The Morgan fingerprint density at radius 2 is 1.94 bits per heavy atom. The number of fused-ring (bicyclic) bond motifs is 5. The van der Waals surface area contributed by atoms with Crippen molar-refractivity contribution >= 4 is 17.5 Å². The summed E-state index contributed by atoms with van der Waals surface area (Å²) in [5, 5.41) is 11.7. The second kappa shape index (κ2) is 6.96. The van der Waals surface area contributed by atoms with E-state index in [2.05, 4.69) is 0 Å². The molecule has 0 radical (unpaired) electrons. The van der Waals surface area contributed by atoms with Crippen molar-refractivity contribution in [2.75, 3.05) is 6.61 Å². The van der Waals surface area contributed by atoms with Crippen molar-refractivity contribution in [2.24, 2.45) is 28.6 Å². The number of aliphatic hydroxyl groups is 1. The third kappa shape index (κ3) is 2.73. The molecule has 0 aliphatic heterocycles. The molecule has 0 saturated heterocycles. The van der Waals surface area contributed by atoms with Crippen LogP contribution in [-0.4, -0.2) is 40.5 Å². The number of Topliss-reactive ketones (excluding diaryl/α,β-unsaturated/α-hetero) is 1. The second-order valence-electron chi connectivity index (χ2n) is 10.1. The van der Waals surface area contributed by atoms with Crippen molar-refractivity contribution in [3.05, 3.63) is 36.0 Å². The van der Waals surface area contributed by atoms with Crippen LogP contribution in [0.15, 0.2) is 36.0 Å². The van der Waals surface area contributed by atoms with E-state index in [1.54, 1.807) is 25.2 Å². The van der Waals surface area contributed by atoms with Gasteiger partial charge in [0.25, 0.3) is 0 Å². The molecule has 31 heavy (non-hydrogen) atoms. The number of allylic oxidation sites excluding steroid dienone is 5. The lowest BCUT2D eigenvalue weighted by Gasteiger charge is -2.57. The number of esters is 1. The zero-order valence-corrected chi connectivity index (χ0v) is 18.6. The molecule has 0 spiro atoms. The van der Waals surface area contributed by atoms with E-state index in [1.807, 2.05) is 20.8 Å². The SMILES string of the molecule is CCC(=O)OCC(=O)[C@@]1(O)[C@H](C)C[C@H]2[C@@H]3CCC4=CC(=O)C=C[C@]4(C)[C@@]3(F)C=C[C@@]21C. The molecule has 0 aromatic heterocycles. The third-order valence-corrected chi connectivity index (χ3v) is 8.77. The molecule has 168 valence electrons. The summed E-state index contributed by atoms with van der Waals surface area (Å²) in [5.41, 5.74) is -4.53. The number of ketones is 2. The molecular weight excluding hydrogens is 399 g/mol. The molecule has 0 aromatic rings. The average molecular weight is 431 g/mol. The van der Waals surface area contributed by atoms with Crippen molar-refractivity contribution in [1.29, 1.82) is 0 Å². The summed E-state index contributed by atoms with van der Waals surface area (Å²) >= 11 is 0. The Bertz CT molecular complexity index is 934. The van der Waals surface area contributed by atoms with E-state index in [9.17, 15) is 19.5 Å². The van der Waals surface area contributed by atoms with Crippen molar-refractivity contribution in [1.82, 2.24) is 0 Å². The Morgan fingerprint density at radius 3 is 2.61 bits per heavy atom. The number of alkyl halides is 1. The lowest BCUT2D eigenvalue weighted by Crippen LogP contribution is -2.61. The number of ether oxygens (including phenoxy) is 1. The van der Waals surface area contributed by atoms with E-state index in [4.69, 9.17) is 4.74 Å². The van der Waals surface area contributed by atoms with Gasteiger partial charge in [-0.25, -0.2) is 4.39 Å². The van der Waals surface area contributed by atoms with Gasteiger partial charge in [0.05, 0.1) is 0 Å². The smallest absolute Gasteiger partial charge is 0.305 e. The highest BCUT2D eigenvalue weighted by Crippen LogP contribution is 2.68. The van der Waals surface area contributed by atoms with Gasteiger partial charge in [0.2, 0.25) is 5.78 Å². The Labute approximate surface area is 182 Å². The van der Waals surface area contributed by atoms with Crippen LogP contribution >= 0.6 is 0 Å². The first kappa shape index (κ1) is 22.1. The van der Waals surface area contributed by atoms with Gasteiger partial charge < -0.3 is 9.84 Å². The summed E-state index contributed by atoms with van der Waals surface area (Å²) in [6.45, 7) is 6.63. The molecule has 4 aliphatic rings. The van der Waals surface area contributed by atoms with E-state index in [1.165, 1.54) is 12.2 Å². The normalized spacial score (nSPS) is 45.4. The number of rotatable bonds is 4. The molecule has 0 heterocycles. The quantitative estimate of drug-likeness (QED) is 0.544. The predicted molar refractivity (Wildman–Crippen MR) is 113 cm³/mol. The van der Waals surface area contributed by atoms with Crippen LogP contribution in [0.2, 0.25) is 0 Å². The fourth-order valence-corrected chi connectivity index (χ4v) is 6.80. The van der Waals surface area contributed by atoms with Gasteiger partial charge >= 0.3 is 5.97 Å². The molecule has 4 aliphatic carbocycles. The summed E-state index contributed by atoms with van der Waals surface area (Å²) in [6, 6.07) is 0. The molecule has 0 unspecified atom stereocenters. The molecule has 0 aromatic carbocycles. The molecular formula is C25H31FO5. The molecule has 1 N–H and O–H groups in total. The van der Waals surface area contributed by atoms with Gasteiger partial charge in [-0.05, 0) is 56.3 Å². The van der Waals surface area contributed by atoms with Crippen LogP contribution in [0, 0.1) is 28.6 Å². The summed E-state index contributed by atoms with van der Waals surface area (Å²) in [6.07, 6.45) is 9.68. The molecule has 0 amide bonds. The van der Waals surface area contributed by atoms with Crippen molar-refractivity contribution in [3.8, 4) is 0 Å². The molecule has 2 fully saturated rings. The highest BCUT2D eigenvalue weighted by atomic mass is 19.1. The van der Waals surface area contributed by atoms with Crippen LogP contribution in [0.25, 0.3) is 0 Å². The minimum absolute atomic E-state index is 0.116. The number of carbonyl (C=O) groups excluding carboxylic acids is 3. The Kier molecular flexibility index (Phi) is 4.97. The number of hydrogen-bond acceptors (Lipinski definition) is 5. The highest BCUT2D eigenvalue weighted by Gasteiger charge is 2.71. The molecule has 4 rings (SSSR count). The first-order valence-corrected chi connectivity index (χ1v) is 11.2. The summed E-state index contributed by atoms with van der Waals surface area (Å²) < 4.78 is 21.9. The molecule has 7 atom stereocenters. The number of hydrogen-bond donors (Lipinski definition) is 1. The first-order chi connectivity index (χ1) is 14.4. The maximum absolute atomic E-state index is 16.8. The van der Waals surface area contributed by atoms with Gasteiger partial charge in [0, 0.05) is 23.2 Å². The van der Waals surface area contributed by atoms with Crippen LogP contribution in [0.3, 0.4) is 0 Å². The maximum atomic E-state index is 16.8. The summed E-state index contributed by atoms with van der Waals surface area (Å²) in [5.74, 6) is -2.20. The Balaban J connectivity index is 1.73. The van der Waals surface area contributed by atoms with Crippen molar-refractivity contribution in [3.63, 3.8) is 0 Å². The molecule has 5 nitrogen and oxygen atoms in total. The zero-order valence-electron chi connectivity index (χ0n) is 18.6. The first-order valence-electron chi connectivity index (χ1n) is 11.2. The van der Waals surface area contributed by atoms with Crippen LogP contribution in [0.1, 0.15) is 53.4 Å². The zero-order chi connectivity index (χ0) is 22.8.